The van der Waals surface area contributed by atoms with E-state index in [0.29, 0.717) is 5.92 Å². The molecule has 82 valence electrons. The standard InChI is InChI=1S/C11H16N2O2/c14-7-9-2-4-13(6-9)11-5-12-3-1-10(11)8-15/h1,3,5,9,14-15H,2,4,6-8H2. The Labute approximate surface area is 89.2 Å². The number of aliphatic hydroxyl groups is 2. The molecule has 2 N–H and O–H groups in total. The van der Waals surface area contributed by atoms with Gasteiger partial charge in [0.2, 0.25) is 0 Å². The summed E-state index contributed by atoms with van der Waals surface area (Å²) >= 11 is 0. The molecule has 2 rings (SSSR count). The monoisotopic (exact) mass is 208 g/mol. The van der Waals surface area contributed by atoms with Crippen molar-refractivity contribution in [3.8, 4) is 0 Å². The lowest BCUT2D eigenvalue weighted by Crippen LogP contribution is -2.22. The molecule has 1 unspecified atom stereocenters. The summed E-state index contributed by atoms with van der Waals surface area (Å²) in [5, 5.41) is 18.3. The molecule has 1 saturated heterocycles. The van der Waals surface area contributed by atoms with Gasteiger partial charge in [-0.15, -0.1) is 0 Å². The van der Waals surface area contributed by atoms with E-state index in [2.05, 4.69) is 9.88 Å². The molecule has 0 radical (unpaired) electrons. The van der Waals surface area contributed by atoms with Crippen molar-refractivity contribution in [2.24, 2.45) is 5.92 Å². The van der Waals surface area contributed by atoms with E-state index in [4.69, 9.17) is 5.11 Å². The van der Waals surface area contributed by atoms with Crippen molar-refractivity contribution < 1.29 is 10.2 Å². The molecular formula is C11H16N2O2. The number of hydrogen-bond donors (Lipinski definition) is 2. The predicted molar refractivity (Wildman–Crippen MR) is 57.6 cm³/mol. The summed E-state index contributed by atoms with van der Waals surface area (Å²) in [7, 11) is 0. The fourth-order valence-electron chi connectivity index (χ4n) is 2.03. The van der Waals surface area contributed by atoms with Crippen LogP contribution >= 0.6 is 0 Å². The van der Waals surface area contributed by atoms with Crippen molar-refractivity contribution in [3.63, 3.8) is 0 Å². The first kappa shape index (κ1) is 10.4. The highest BCUT2D eigenvalue weighted by Gasteiger charge is 2.23. The van der Waals surface area contributed by atoms with Gasteiger partial charge in [-0.3, -0.25) is 4.98 Å². The van der Waals surface area contributed by atoms with Crippen LogP contribution in [0.25, 0.3) is 0 Å². The minimum atomic E-state index is 0.0398. The third-order valence-electron chi connectivity index (χ3n) is 2.94. The maximum Gasteiger partial charge on any atom is 0.0703 e. The summed E-state index contributed by atoms with van der Waals surface area (Å²) in [6.07, 6.45) is 4.48. The van der Waals surface area contributed by atoms with Crippen LogP contribution < -0.4 is 4.90 Å². The van der Waals surface area contributed by atoms with Crippen LogP contribution in [0.3, 0.4) is 0 Å². The molecular weight excluding hydrogens is 192 g/mol. The summed E-state index contributed by atoms with van der Waals surface area (Å²) in [5.74, 6) is 0.358. The van der Waals surface area contributed by atoms with Crippen molar-refractivity contribution >= 4 is 5.69 Å². The lowest BCUT2D eigenvalue weighted by atomic mass is 10.1. The highest BCUT2D eigenvalue weighted by atomic mass is 16.3. The van der Waals surface area contributed by atoms with Gasteiger partial charge in [0, 0.05) is 37.4 Å². The van der Waals surface area contributed by atoms with E-state index in [0.717, 1.165) is 30.8 Å². The van der Waals surface area contributed by atoms with Gasteiger partial charge in [-0.05, 0) is 12.5 Å². The molecule has 1 aliphatic rings. The number of nitrogens with zero attached hydrogens (tertiary/aromatic N) is 2. The molecule has 1 aromatic heterocycles. The van der Waals surface area contributed by atoms with E-state index in [-0.39, 0.29) is 13.2 Å². The fourth-order valence-corrected chi connectivity index (χ4v) is 2.03. The van der Waals surface area contributed by atoms with Gasteiger partial charge in [-0.2, -0.15) is 0 Å². The molecule has 0 amide bonds. The van der Waals surface area contributed by atoms with Crippen molar-refractivity contribution in [2.45, 2.75) is 13.0 Å². The summed E-state index contributed by atoms with van der Waals surface area (Å²) in [6.45, 7) is 2.07. The van der Waals surface area contributed by atoms with Crippen LogP contribution in [0, 0.1) is 5.92 Å². The van der Waals surface area contributed by atoms with E-state index in [1.54, 1.807) is 12.4 Å². The van der Waals surface area contributed by atoms with Crippen LogP contribution in [-0.2, 0) is 6.61 Å². The zero-order valence-electron chi connectivity index (χ0n) is 8.63. The highest BCUT2D eigenvalue weighted by molar-refractivity contribution is 5.52. The normalized spacial score (nSPS) is 20.9. The average Bonchev–Trinajstić information content (AvgIpc) is 2.77. The Kier molecular flexibility index (Phi) is 3.18. The molecule has 4 nitrogen and oxygen atoms in total. The summed E-state index contributed by atoms with van der Waals surface area (Å²) < 4.78 is 0. The molecule has 1 aliphatic heterocycles. The number of rotatable bonds is 3. The molecule has 15 heavy (non-hydrogen) atoms. The number of anilines is 1. The SMILES string of the molecule is OCc1ccncc1N1CCC(CO)C1. The second-order valence-electron chi connectivity index (χ2n) is 3.95. The van der Waals surface area contributed by atoms with Crippen LogP contribution in [0.2, 0.25) is 0 Å². The van der Waals surface area contributed by atoms with E-state index < -0.39 is 0 Å². The molecule has 0 bridgehead atoms. The van der Waals surface area contributed by atoms with E-state index in [9.17, 15) is 5.11 Å². The Balaban J connectivity index is 2.16. The number of aliphatic hydroxyl groups excluding tert-OH is 2. The smallest absolute Gasteiger partial charge is 0.0703 e. The first-order valence-corrected chi connectivity index (χ1v) is 5.24. The third kappa shape index (κ3) is 2.11. The zero-order chi connectivity index (χ0) is 10.7. The van der Waals surface area contributed by atoms with E-state index >= 15 is 0 Å². The summed E-state index contributed by atoms with van der Waals surface area (Å²) in [6, 6.07) is 1.83. The molecule has 0 spiro atoms. The Hall–Kier alpha value is -1.13. The van der Waals surface area contributed by atoms with Crippen LogP contribution in [0.1, 0.15) is 12.0 Å². The van der Waals surface area contributed by atoms with Crippen molar-refractivity contribution in [3.05, 3.63) is 24.0 Å². The lowest BCUT2D eigenvalue weighted by Gasteiger charge is -2.20. The second-order valence-corrected chi connectivity index (χ2v) is 3.95. The van der Waals surface area contributed by atoms with Crippen molar-refractivity contribution in [1.29, 1.82) is 0 Å². The quantitative estimate of drug-likeness (QED) is 0.754. The molecule has 1 atom stereocenters. The first-order valence-electron chi connectivity index (χ1n) is 5.24. The molecule has 2 heterocycles. The summed E-state index contributed by atoms with van der Waals surface area (Å²) in [4.78, 5) is 6.25. The van der Waals surface area contributed by atoms with Crippen LogP contribution in [0.15, 0.2) is 18.5 Å². The maximum atomic E-state index is 9.20. The number of pyridine rings is 1. The predicted octanol–water partition coefficient (Wildman–Crippen LogP) is 0.392. The molecule has 0 saturated carbocycles. The molecule has 0 aliphatic carbocycles. The molecule has 1 fully saturated rings. The van der Waals surface area contributed by atoms with Gasteiger partial charge in [-0.1, -0.05) is 0 Å². The fraction of sp³-hybridized carbons (Fsp3) is 0.545. The van der Waals surface area contributed by atoms with Crippen molar-refractivity contribution in [2.75, 3.05) is 24.6 Å². The Bertz CT molecular complexity index is 330. The minimum absolute atomic E-state index is 0.0398. The zero-order valence-corrected chi connectivity index (χ0v) is 8.63. The largest absolute Gasteiger partial charge is 0.396 e. The lowest BCUT2D eigenvalue weighted by molar-refractivity contribution is 0.238. The van der Waals surface area contributed by atoms with E-state index in [1.807, 2.05) is 6.07 Å². The van der Waals surface area contributed by atoms with Gasteiger partial charge in [0.05, 0.1) is 18.5 Å². The van der Waals surface area contributed by atoms with Crippen LogP contribution in [0.4, 0.5) is 5.69 Å². The topological polar surface area (TPSA) is 56.6 Å². The molecule has 1 aromatic rings. The van der Waals surface area contributed by atoms with Crippen LogP contribution in [-0.4, -0.2) is 34.9 Å². The Morgan fingerprint density at radius 2 is 2.33 bits per heavy atom. The van der Waals surface area contributed by atoms with Gasteiger partial charge in [0.25, 0.3) is 0 Å². The third-order valence-corrected chi connectivity index (χ3v) is 2.94. The van der Waals surface area contributed by atoms with Gasteiger partial charge in [-0.25, -0.2) is 0 Å². The first-order chi connectivity index (χ1) is 7.35. The maximum absolute atomic E-state index is 9.20. The molecule has 0 aromatic carbocycles. The summed E-state index contributed by atoms with van der Waals surface area (Å²) in [5.41, 5.74) is 1.90. The molecule has 4 heteroatoms. The van der Waals surface area contributed by atoms with Crippen LogP contribution in [0.5, 0.6) is 0 Å². The van der Waals surface area contributed by atoms with Gasteiger partial charge < -0.3 is 15.1 Å². The van der Waals surface area contributed by atoms with Gasteiger partial charge in [0.1, 0.15) is 0 Å². The van der Waals surface area contributed by atoms with Gasteiger partial charge >= 0.3 is 0 Å². The Morgan fingerprint density at radius 3 is 3.00 bits per heavy atom. The Morgan fingerprint density at radius 1 is 1.47 bits per heavy atom. The average molecular weight is 208 g/mol. The van der Waals surface area contributed by atoms with Crippen molar-refractivity contribution in [1.82, 2.24) is 4.98 Å². The number of hydrogen-bond acceptors (Lipinski definition) is 4. The van der Waals surface area contributed by atoms with E-state index in [1.165, 1.54) is 0 Å². The number of aromatic nitrogens is 1. The van der Waals surface area contributed by atoms with Gasteiger partial charge in [0.15, 0.2) is 0 Å². The second kappa shape index (κ2) is 4.59. The highest BCUT2D eigenvalue weighted by Crippen LogP contribution is 2.25. The minimum Gasteiger partial charge on any atom is -0.396 e.